The van der Waals surface area contributed by atoms with Gasteiger partial charge in [0.05, 0.1) is 0 Å². The molecule has 0 spiro atoms. The van der Waals surface area contributed by atoms with Crippen LogP contribution in [0.5, 0.6) is 0 Å². The minimum Gasteiger partial charge on any atom is -0.425 e. The molecule has 2 aliphatic rings. The molecular formula is C19H23N5O7S2. The summed E-state index contributed by atoms with van der Waals surface area (Å²) in [5.41, 5.74) is 5.75. The van der Waals surface area contributed by atoms with Crippen LogP contribution >= 0.6 is 23.1 Å². The molecule has 3 N–H and O–H groups in total. The second-order valence-corrected chi connectivity index (χ2v) is 8.79. The van der Waals surface area contributed by atoms with Gasteiger partial charge < -0.3 is 25.4 Å². The molecule has 2 aliphatic heterocycles. The zero-order chi connectivity index (χ0) is 24.1. The van der Waals surface area contributed by atoms with Crippen LogP contribution in [0.4, 0.5) is 5.13 Å². The number of aromatic nitrogens is 1. The monoisotopic (exact) mass is 497 g/mol. The third-order valence-electron chi connectivity index (χ3n) is 4.63. The summed E-state index contributed by atoms with van der Waals surface area (Å²) >= 11 is 2.50. The fourth-order valence-electron chi connectivity index (χ4n) is 3.03. The topological polar surface area (TPSA) is 163 Å². The lowest BCUT2D eigenvalue weighted by molar-refractivity contribution is -0.187. The quantitative estimate of drug-likeness (QED) is 0.162. The van der Waals surface area contributed by atoms with E-state index in [-0.39, 0.29) is 35.1 Å². The smallest absolute Gasteiger partial charge is 0.357 e. The van der Waals surface area contributed by atoms with E-state index in [9.17, 15) is 19.2 Å². The number of nitrogens with two attached hydrogens (primary N) is 1. The van der Waals surface area contributed by atoms with E-state index in [1.807, 2.05) is 0 Å². The highest BCUT2D eigenvalue weighted by atomic mass is 32.2. The van der Waals surface area contributed by atoms with Crippen LogP contribution < -0.4 is 11.1 Å². The van der Waals surface area contributed by atoms with E-state index in [1.165, 1.54) is 23.8 Å². The molecule has 178 valence electrons. The van der Waals surface area contributed by atoms with Gasteiger partial charge in [-0.3, -0.25) is 19.3 Å². The molecule has 0 bridgehead atoms. The SMILES string of the molecule is CCC(=O)OC(CC)OC(=O)C1=CCSC2C(NC(=O)/C(=N/OC)c3csc(N)n3)C(=O)N12. The van der Waals surface area contributed by atoms with Crippen molar-refractivity contribution in [3.63, 3.8) is 0 Å². The standard InChI is InChI=1S/C19H23N5O7S2/c1-4-11(25)30-12(5-2)31-18(28)10-6-7-32-17-14(16(27)24(10)17)22-15(26)13(23-29-3)9-8-33-19(20)21-9/h6,8,12,14,17H,4-5,7H2,1-3H3,(H2,20,21)(H,22,26)/b23-13+. The molecule has 2 amide bonds. The maximum absolute atomic E-state index is 12.8. The molecule has 0 aromatic carbocycles. The van der Waals surface area contributed by atoms with Crippen molar-refractivity contribution in [3.8, 4) is 0 Å². The van der Waals surface area contributed by atoms with Gasteiger partial charge in [0.2, 0.25) is 6.29 Å². The van der Waals surface area contributed by atoms with Crippen molar-refractivity contribution in [2.45, 2.75) is 44.4 Å². The number of thioether (sulfide) groups is 1. The number of fused-ring (bicyclic) bond motifs is 1. The fourth-order valence-corrected chi connectivity index (χ4v) is 4.77. The summed E-state index contributed by atoms with van der Waals surface area (Å²) < 4.78 is 10.3. The first-order valence-corrected chi connectivity index (χ1v) is 11.9. The van der Waals surface area contributed by atoms with Crippen LogP contribution in [0.15, 0.2) is 22.3 Å². The molecule has 14 heteroatoms. The Bertz CT molecular complexity index is 1010. The van der Waals surface area contributed by atoms with Crippen molar-refractivity contribution >= 4 is 57.7 Å². The van der Waals surface area contributed by atoms with E-state index in [1.54, 1.807) is 25.3 Å². The van der Waals surface area contributed by atoms with Crippen LogP contribution in [-0.2, 0) is 33.5 Å². The minimum atomic E-state index is -1.05. The summed E-state index contributed by atoms with van der Waals surface area (Å²) in [5.74, 6) is -2.03. The molecule has 3 heterocycles. The number of amides is 2. The van der Waals surface area contributed by atoms with Gasteiger partial charge in [-0.25, -0.2) is 9.78 Å². The Kier molecular flexibility index (Phi) is 7.92. The molecular weight excluding hydrogens is 474 g/mol. The van der Waals surface area contributed by atoms with Crippen molar-refractivity contribution in [1.82, 2.24) is 15.2 Å². The number of ether oxygens (including phenoxy) is 2. The Morgan fingerprint density at radius 3 is 2.73 bits per heavy atom. The Morgan fingerprint density at radius 2 is 2.12 bits per heavy atom. The molecule has 1 fully saturated rings. The first-order valence-electron chi connectivity index (χ1n) is 9.99. The third kappa shape index (κ3) is 5.27. The zero-order valence-corrected chi connectivity index (χ0v) is 19.7. The van der Waals surface area contributed by atoms with E-state index >= 15 is 0 Å². The molecule has 1 aromatic heterocycles. The van der Waals surface area contributed by atoms with E-state index in [0.717, 1.165) is 11.3 Å². The summed E-state index contributed by atoms with van der Waals surface area (Å²) in [6, 6.07) is -0.892. The minimum absolute atomic E-state index is 0.0401. The predicted molar refractivity (Wildman–Crippen MR) is 120 cm³/mol. The number of oxime groups is 1. The van der Waals surface area contributed by atoms with E-state index in [4.69, 9.17) is 20.0 Å². The van der Waals surface area contributed by atoms with Gasteiger partial charge in [0.1, 0.15) is 29.9 Å². The fraction of sp³-hybridized carbons (Fsp3) is 0.474. The lowest BCUT2D eigenvalue weighted by Gasteiger charge is -2.48. The third-order valence-corrected chi connectivity index (χ3v) is 6.49. The molecule has 0 radical (unpaired) electrons. The number of rotatable bonds is 9. The molecule has 1 saturated heterocycles. The average molecular weight is 498 g/mol. The molecule has 3 unspecified atom stereocenters. The van der Waals surface area contributed by atoms with Crippen LogP contribution in [0.2, 0.25) is 0 Å². The number of carbonyl (C=O) groups is 4. The predicted octanol–water partition coefficient (Wildman–Crippen LogP) is 0.592. The van der Waals surface area contributed by atoms with Crippen LogP contribution in [0, 0.1) is 0 Å². The summed E-state index contributed by atoms with van der Waals surface area (Å²) in [6.07, 6.45) is 0.912. The number of esters is 2. The molecule has 3 rings (SSSR count). The summed E-state index contributed by atoms with van der Waals surface area (Å²) in [7, 11) is 1.28. The van der Waals surface area contributed by atoms with E-state index in [2.05, 4.69) is 15.5 Å². The van der Waals surface area contributed by atoms with Crippen molar-refractivity contribution in [3.05, 3.63) is 22.8 Å². The van der Waals surface area contributed by atoms with Gasteiger partial charge in [-0.05, 0) is 6.08 Å². The number of carbonyl (C=O) groups excluding carboxylic acids is 4. The average Bonchev–Trinajstić information content (AvgIpc) is 3.24. The molecule has 0 saturated carbocycles. The Morgan fingerprint density at radius 1 is 1.36 bits per heavy atom. The van der Waals surface area contributed by atoms with Gasteiger partial charge in [-0.15, -0.1) is 23.1 Å². The van der Waals surface area contributed by atoms with Crippen molar-refractivity contribution < 1.29 is 33.5 Å². The van der Waals surface area contributed by atoms with Gasteiger partial charge in [-0.2, -0.15) is 0 Å². The van der Waals surface area contributed by atoms with Crippen molar-refractivity contribution in [1.29, 1.82) is 0 Å². The van der Waals surface area contributed by atoms with Gasteiger partial charge >= 0.3 is 11.9 Å². The largest absolute Gasteiger partial charge is 0.425 e. The maximum Gasteiger partial charge on any atom is 0.357 e. The molecule has 0 aliphatic carbocycles. The molecule has 3 atom stereocenters. The molecule has 12 nitrogen and oxygen atoms in total. The normalized spacial score (nSPS) is 20.7. The van der Waals surface area contributed by atoms with Gasteiger partial charge in [0.25, 0.3) is 11.8 Å². The number of hydrogen-bond donors (Lipinski definition) is 2. The zero-order valence-electron chi connectivity index (χ0n) is 18.1. The number of thiazole rings is 1. The number of β-lactam (4-membered cyclic amide) rings is 1. The number of nitrogen functional groups attached to an aromatic ring is 1. The van der Waals surface area contributed by atoms with E-state index < -0.39 is 41.5 Å². The maximum atomic E-state index is 12.8. The summed E-state index contributed by atoms with van der Waals surface area (Å²) in [6.45, 7) is 3.33. The molecule has 33 heavy (non-hydrogen) atoms. The van der Waals surface area contributed by atoms with Crippen molar-refractivity contribution in [2.75, 3.05) is 18.6 Å². The Hall–Kier alpha value is -3.13. The summed E-state index contributed by atoms with van der Waals surface area (Å²) in [5, 5.41) is 7.59. The summed E-state index contributed by atoms with van der Waals surface area (Å²) in [4.78, 5) is 59.7. The molecule has 1 aromatic rings. The van der Waals surface area contributed by atoms with Crippen molar-refractivity contribution in [2.24, 2.45) is 5.16 Å². The lowest BCUT2D eigenvalue weighted by atomic mass is 10.0. The Balaban J connectivity index is 1.67. The van der Waals surface area contributed by atoms with Gasteiger partial charge in [0.15, 0.2) is 10.8 Å². The number of nitrogens with zero attached hydrogens (tertiary/aromatic N) is 3. The van der Waals surface area contributed by atoms with Gasteiger partial charge in [0, 0.05) is 24.0 Å². The van der Waals surface area contributed by atoms with Crippen LogP contribution in [0.3, 0.4) is 0 Å². The first-order chi connectivity index (χ1) is 15.8. The number of anilines is 1. The van der Waals surface area contributed by atoms with Crippen LogP contribution in [0.25, 0.3) is 0 Å². The highest BCUT2D eigenvalue weighted by molar-refractivity contribution is 8.00. The van der Waals surface area contributed by atoms with Crippen LogP contribution in [-0.4, -0.2) is 69.9 Å². The second-order valence-electron chi connectivity index (χ2n) is 6.75. The van der Waals surface area contributed by atoms with Crippen LogP contribution in [0.1, 0.15) is 32.4 Å². The van der Waals surface area contributed by atoms with Gasteiger partial charge in [-0.1, -0.05) is 19.0 Å². The first kappa shape index (κ1) is 24.5. The lowest BCUT2D eigenvalue weighted by Crippen LogP contribution is -2.70. The second kappa shape index (κ2) is 10.7. The van der Waals surface area contributed by atoms with E-state index in [0.29, 0.717) is 5.75 Å². The number of nitrogens with one attached hydrogen (secondary N) is 1. The highest BCUT2D eigenvalue weighted by Crippen LogP contribution is 2.38. The Labute approximate surface area is 197 Å². The number of hydrogen-bond acceptors (Lipinski definition) is 12. The highest BCUT2D eigenvalue weighted by Gasteiger charge is 2.53.